The van der Waals surface area contributed by atoms with Crippen LogP contribution in [0.15, 0.2) is 22.7 Å². The van der Waals surface area contributed by atoms with E-state index in [1.807, 2.05) is 13.0 Å². The Kier molecular flexibility index (Phi) is 4.56. The van der Waals surface area contributed by atoms with Gasteiger partial charge in [0.1, 0.15) is 0 Å². The van der Waals surface area contributed by atoms with E-state index in [0.29, 0.717) is 31.5 Å². The maximum Gasteiger partial charge on any atom is 0.311 e. The van der Waals surface area contributed by atoms with Crippen molar-refractivity contribution in [1.29, 1.82) is 0 Å². The van der Waals surface area contributed by atoms with Crippen LogP contribution in [0, 0.1) is 5.41 Å². The molecule has 6 heteroatoms. The van der Waals surface area contributed by atoms with Crippen molar-refractivity contribution in [3.8, 4) is 0 Å². The van der Waals surface area contributed by atoms with Gasteiger partial charge < -0.3 is 15.7 Å². The van der Waals surface area contributed by atoms with Crippen LogP contribution in [0.4, 0.5) is 5.69 Å². The van der Waals surface area contributed by atoms with E-state index >= 15 is 0 Å². The minimum absolute atomic E-state index is 0.433. The molecule has 1 saturated heterocycles. The predicted molar refractivity (Wildman–Crippen MR) is 84.5 cm³/mol. The van der Waals surface area contributed by atoms with Gasteiger partial charge in [0.2, 0.25) is 5.91 Å². The number of halogens is 1. The number of aliphatic carboxylic acids is 1. The molecule has 2 rings (SSSR count). The number of nitrogens with zero attached hydrogens (tertiary/aromatic N) is 1. The zero-order valence-electron chi connectivity index (χ0n) is 11.9. The average molecular weight is 355 g/mol. The summed E-state index contributed by atoms with van der Waals surface area (Å²) >= 11 is 3.44. The van der Waals surface area contributed by atoms with Crippen molar-refractivity contribution in [2.75, 3.05) is 18.0 Å². The van der Waals surface area contributed by atoms with E-state index in [4.69, 9.17) is 5.73 Å². The number of carboxylic acid groups (broad SMARTS) is 1. The summed E-state index contributed by atoms with van der Waals surface area (Å²) in [7, 11) is 0. The van der Waals surface area contributed by atoms with E-state index in [1.165, 1.54) is 0 Å². The van der Waals surface area contributed by atoms with Crippen LogP contribution in [-0.2, 0) is 4.79 Å². The third-order valence-corrected chi connectivity index (χ3v) is 4.74. The van der Waals surface area contributed by atoms with Crippen LogP contribution in [0.25, 0.3) is 0 Å². The molecule has 0 aromatic heterocycles. The monoisotopic (exact) mass is 354 g/mol. The second-order valence-corrected chi connectivity index (χ2v) is 6.39. The predicted octanol–water partition coefficient (Wildman–Crippen LogP) is 2.63. The topological polar surface area (TPSA) is 83.6 Å². The van der Waals surface area contributed by atoms with E-state index in [9.17, 15) is 14.7 Å². The smallest absolute Gasteiger partial charge is 0.311 e. The number of benzene rings is 1. The highest BCUT2D eigenvalue weighted by atomic mass is 79.9. The molecular formula is C15H19BrN2O3. The van der Waals surface area contributed by atoms with Crippen LogP contribution in [0.3, 0.4) is 0 Å². The van der Waals surface area contributed by atoms with Crippen molar-refractivity contribution in [3.05, 3.63) is 28.2 Å². The molecule has 1 fully saturated rings. The molecule has 0 bridgehead atoms. The first-order valence-electron chi connectivity index (χ1n) is 6.97. The third-order valence-electron chi connectivity index (χ3n) is 4.11. The van der Waals surface area contributed by atoms with Crippen molar-refractivity contribution in [1.82, 2.24) is 0 Å². The molecule has 0 spiro atoms. The zero-order valence-corrected chi connectivity index (χ0v) is 13.5. The van der Waals surface area contributed by atoms with Crippen LogP contribution < -0.4 is 10.6 Å². The van der Waals surface area contributed by atoms with E-state index < -0.39 is 17.3 Å². The van der Waals surface area contributed by atoms with Gasteiger partial charge in [-0.25, -0.2) is 0 Å². The SMILES string of the molecule is CCCC1(C(=O)O)CCN(c2ccc(C(N)=O)cc2Br)C1. The summed E-state index contributed by atoms with van der Waals surface area (Å²) in [6, 6.07) is 5.16. The second-order valence-electron chi connectivity index (χ2n) is 5.54. The molecule has 0 saturated carbocycles. The average Bonchev–Trinajstić information content (AvgIpc) is 2.84. The van der Waals surface area contributed by atoms with Crippen molar-refractivity contribution in [3.63, 3.8) is 0 Å². The Morgan fingerprint density at radius 3 is 2.71 bits per heavy atom. The number of carbonyl (C=O) groups excluding carboxylic acids is 1. The summed E-state index contributed by atoms with van der Waals surface area (Å²) < 4.78 is 0.761. The van der Waals surface area contributed by atoms with Gasteiger partial charge in [0.25, 0.3) is 0 Å². The molecule has 1 unspecified atom stereocenters. The van der Waals surface area contributed by atoms with Gasteiger partial charge in [-0.1, -0.05) is 13.3 Å². The number of nitrogens with two attached hydrogens (primary N) is 1. The number of hydrogen-bond donors (Lipinski definition) is 2. The molecule has 21 heavy (non-hydrogen) atoms. The first-order valence-corrected chi connectivity index (χ1v) is 7.76. The third kappa shape index (κ3) is 3.05. The minimum Gasteiger partial charge on any atom is -0.481 e. The molecule has 1 aliphatic rings. The number of amides is 1. The molecule has 1 amide bonds. The van der Waals surface area contributed by atoms with Gasteiger partial charge in [-0.15, -0.1) is 0 Å². The highest BCUT2D eigenvalue weighted by molar-refractivity contribution is 9.10. The Balaban J connectivity index is 2.25. The zero-order chi connectivity index (χ0) is 15.6. The second kappa shape index (κ2) is 6.05. The summed E-state index contributed by atoms with van der Waals surface area (Å²) in [6.07, 6.45) is 2.16. The first-order chi connectivity index (χ1) is 9.89. The van der Waals surface area contributed by atoms with Crippen LogP contribution >= 0.6 is 15.9 Å². The molecule has 0 aliphatic carbocycles. The lowest BCUT2D eigenvalue weighted by molar-refractivity contribution is -0.148. The van der Waals surface area contributed by atoms with Gasteiger partial charge in [-0.05, 0) is 47.0 Å². The maximum absolute atomic E-state index is 11.6. The summed E-state index contributed by atoms with van der Waals surface area (Å²) in [5.74, 6) is -1.20. The Labute approximate surface area is 132 Å². The van der Waals surface area contributed by atoms with E-state index in [0.717, 1.165) is 16.6 Å². The molecule has 1 heterocycles. The molecule has 5 nitrogen and oxygen atoms in total. The highest BCUT2D eigenvalue weighted by Crippen LogP contribution is 2.40. The van der Waals surface area contributed by atoms with Crippen LogP contribution in [0.5, 0.6) is 0 Å². The van der Waals surface area contributed by atoms with Gasteiger partial charge in [0.15, 0.2) is 0 Å². The molecule has 1 aliphatic heterocycles. The Morgan fingerprint density at radius 1 is 1.48 bits per heavy atom. The number of primary amides is 1. The Bertz CT molecular complexity index is 576. The molecule has 1 aromatic rings. The standard InChI is InChI=1S/C15H19BrN2O3/c1-2-5-15(14(20)21)6-7-18(9-15)12-4-3-10(13(17)19)8-11(12)16/h3-4,8H,2,5-7,9H2,1H3,(H2,17,19)(H,20,21). The first kappa shape index (κ1) is 15.8. The number of carboxylic acids is 1. The van der Waals surface area contributed by atoms with Gasteiger partial charge in [-0.2, -0.15) is 0 Å². The van der Waals surface area contributed by atoms with Crippen molar-refractivity contribution in [2.45, 2.75) is 26.2 Å². The molecule has 3 N–H and O–H groups in total. The molecule has 0 radical (unpaired) electrons. The fourth-order valence-electron chi connectivity index (χ4n) is 2.96. The molecule has 1 aromatic carbocycles. The van der Waals surface area contributed by atoms with Gasteiger partial charge in [-0.3, -0.25) is 9.59 Å². The fraction of sp³-hybridized carbons (Fsp3) is 0.467. The minimum atomic E-state index is -0.725. The molecule has 114 valence electrons. The normalized spacial score (nSPS) is 21.5. The van der Waals surface area contributed by atoms with Crippen molar-refractivity contribution >= 4 is 33.5 Å². The van der Waals surface area contributed by atoms with Gasteiger partial charge in [0.05, 0.1) is 11.1 Å². The van der Waals surface area contributed by atoms with E-state index in [-0.39, 0.29) is 0 Å². The lowest BCUT2D eigenvalue weighted by Crippen LogP contribution is -2.34. The molecular weight excluding hydrogens is 336 g/mol. The van der Waals surface area contributed by atoms with Crippen LogP contribution in [0.1, 0.15) is 36.5 Å². The lowest BCUT2D eigenvalue weighted by Gasteiger charge is -2.26. The van der Waals surface area contributed by atoms with Gasteiger partial charge >= 0.3 is 5.97 Å². The van der Waals surface area contributed by atoms with Crippen LogP contribution in [-0.4, -0.2) is 30.1 Å². The largest absolute Gasteiger partial charge is 0.481 e. The number of anilines is 1. The summed E-state index contributed by atoms with van der Waals surface area (Å²) in [6.45, 7) is 3.19. The number of hydrogen-bond acceptors (Lipinski definition) is 3. The molecule has 1 atom stereocenters. The maximum atomic E-state index is 11.6. The lowest BCUT2D eigenvalue weighted by atomic mass is 9.83. The summed E-state index contributed by atoms with van der Waals surface area (Å²) in [5.41, 5.74) is 5.92. The summed E-state index contributed by atoms with van der Waals surface area (Å²) in [4.78, 5) is 24.8. The Morgan fingerprint density at radius 2 is 2.19 bits per heavy atom. The number of rotatable bonds is 5. The van der Waals surface area contributed by atoms with Gasteiger partial charge in [0, 0.05) is 23.1 Å². The van der Waals surface area contributed by atoms with Crippen molar-refractivity contribution in [2.24, 2.45) is 11.1 Å². The van der Waals surface area contributed by atoms with E-state index in [2.05, 4.69) is 20.8 Å². The fourth-order valence-corrected chi connectivity index (χ4v) is 3.59. The number of carbonyl (C=O) groups is 2. The summed E-state index contributed by atoms with van der Waals surface area (Å²) in [5, 5.41) is 9.55. The quantitative estimate of drug-likeness (QED) is 0.851. The van der Waals surface area contributed by atoms with E-state index in [1.54, 1.807) is 12.1 Å². The van der Waals surface area contributed by atoms with Crippen molar-refractivity contribution < 1.29 is 14.7 Å². The highest BCUT2D eigenvalue weighted by Gasteiger charge is 2.44. The Hall–Kier alpha value is -1.56. The van der Waals surface area contributed by atoms with Crippen LogP contribution in [0.2, 0.25) is 0 Å².